The number of hydrogen-bond acceptors (Lipinski definition) is 7. The first-order valence-corrected chi connectivity index (χ1v) is 8.06. The van der Waals surface area contributed by atoms with E-state index in [1.165, 1.54) is 19.1 Å². The predicted molar refractivity (Wildman–Crippen MR) is 96.0 cm³/mol. The number of allylic oxidation sites excluding steroid dienone is 1. The van der Waals surface area contributed by atoms with Crippen LogP contribution in [0.25, 0.3) is 10.4 Å². The minimum atomic E-state index is -1.17. The zero-order valence-corrected chi connectivity index (χ0v) is 15.7. The maximum Gasteiger partial charge on any atom is 0.432 e. The Morgan fingerprint density at radius 2 is 2.15 bits per heavy atom. The second kappa shape index (κ2) is 9.64. The third kappa shape index (κ3) is 6.35. The number of esters is 1. The van der Waals surface area contributed by atoms with Gasteiger partial charge >= 0.3 is 18.4 Å². The van der Waals surface area contributed by atoms with E-state index in [2.05, 4.69) is 22.8 Å². The Bertz CT molecular complexity index is 782. The van der Waals surface area contributed by atoms with Crippen molar-refractivity contribution in [2.24, 2.45) is 5.22 Å². The van der Waals surface area contributed by atoms with Gasteiger partial charge in [0.05, 0.1) is 6.20 Å². The fraction of sp³-hybridized carbons (Fsp3) is 0.400. The van der Waals surface area contributed by atoms with E-state index in [1.54, 1.807) is 13.8 Å². The predicted octanol–water partition coefficient (Wildman–Crippen LogP) is 3.86. The van der Waals surface area contributed by atoms with E-state index in [4.69, 9.17) is 14.7 Å². The monoisotopic (exact) mass is 399 g/mol. The van der Waals surface area contributed by atoms with Crippen molar-refractivity contribution in [3.63, 3.8) is 0 Å². The molecule has 1 heterocycles. The molecule has 0 bridgehead atoms. The van der Waals surface area contributed by atoms with Crippen molar-refractivity contribution < 1.29 is 27.9 Å². The summed E-state index contributed by atoms with van der Waals surface area (Å²) in [5.74, 6) is -1.32. The van der Waals surface area contributed by atoms with Crippen LogP contribution in [0.5, 0.6) is 0 Å². The van der Waals surface area contributed by atoms with Crippen molar-refractivity contribution >= 4 is 36.9 Å². The summed E-state index contributed by atoms with van der Waals surface area (Å²) in [5, 5.41) is 3.03. The number of halogens is 1. The van der Waals surface area contributed by atoms with Crippen LogP contribution in [0, 0.1) is 0 Å². The number of furan rings is 1. The summed E-state index contributed by atoms with van der Waals surface area (Å²) < 4.78 is 23.1. The van der Waals surface area contributed by atoms with Gasteiger partial charge in [-0.05, 0) is 31.6 Å². The van der Waals surface area contributed by atoms with E-state index in [1.807, 2.05) is 0 Å². The molecule has 0 aliphatic rings. The molecule has 0 unspecified atom stereocenters. The fourth-order valence-electron chi connectivity index (χ4n) is 1.59. The zero-order valence-electron chi connectivity index (χ0n) is 14.8. The smallest absolute Gasteiger partial charge is 0.432 e. The minimum Gasteiger partial charge on any atom is -0.456 e. The summed E-state index contributed by atoms with van der Waals surface area (Å²) in [6.45, 7) is 4.35. The molecule has 0 aliphatic carbocycles. The maximum atomic E-state index is 13.7. The van der Waals surface area contributed by atoms with Gasteiger partial charge in [-0.1, -0.05) is 11.9 Å². The summed E-state index contributed by atoms with van der Waals surface area (Å²) in [7, 11) is 0. The van der Waals surface area contributed by atoms with Gasteiger partial charge in [0, 0.05) is 6.07 Å². The summed E-state index contributed by atoms with van der Waals surface area (Å²) in [4.78, 5) is 37.9. The normalized spacial score (nSPS) is 11.4. The number of anilines is 1. The first kappa shape index (κ1) is 22.1. The van der Waals surface area contributed by atoms with Gasteiger partial charge in [0.15, 0.2) is 0 Å². The third-order valence-corrected chi connectivity index (χ3v) is 3.16. The Morgan fingerprint density at radius 1 is 1.48 bits per heavy atom. The number of thiol groups is 1. The summed E-state index contributed by atoms with van der Waals surface area (Å²) in [6.07, 6.45) is 0.721. The van der Waals surface area contributed by atoms with Gasteiger partial charge in [-0.3, -0.25) is 4.79 Å². The number of azide groups is 1. The number of carbonyl (C=O) groups is 3. The molecular formula is C15H18FN5O5S. The summed E-state index contributed by atoms with van der Waals surface area (Å²) in [6, 6.07) is 1.52. The molecular weight excluding hydrogens is 381 g/mol. The number of ether oxygens (including phenoxy) is 1. The highest BCUT2D eigenvalue weighted by atomic mass is 32.1. The standard InChI is InChI=1S/C15H18FN5O5S/c1-4-10(16)7-20(14(24)21(9-22)19-18-17)12-6-5-11(26-12)8-25-13(23)15(2,3)27/h5-7,9,27H,4,8H2,1-3H3/b10-7-. The highest BCUT2D eigenvalue weighted by Crippen LogP contribution is 2.23. The van der Waals surface area contributed by atoms with Crippen molar-refractivity contribution in [1.29, 1.82) is 0 Å². The van der Waals surface area contributed by atoms with Crippen LogP contribution in [-0.2, 0) is 20.9 Å². The molecule has 0 fully saturated rings. The summed E-state index contributed by atoms with van der Waals surface area (Å²) in [5.41, 5.74) is 8.41. The lowest BCUT2D eigenvalue weighted by Crippen LogP contribution is -2.36. The van der Waals surface area contributed by atoms with E-state index in [-0.39, 0.29) is 36.1 Å². The Morgan fingerprint density at radius 3 is 2.67 bits per heavy atom. The van der Waals surface area contributed by atoms with Gasteiger partial charge in [0.1, 0.15) is 22.9 Å². The molecule has 0 aliphatic heterocycles. The van der Waals surface area contributed by atoms with E-state index < -0.39 is 22.6 Å². The molecule has 0 N–H and O–H groups in total. The van der Waals surface area contributed by atoms with Crippen molar-refractivity contribution in [1.82, 2.24) is 5.01 Å². The lowest BCUT2D eigenvalue weighted by molar-refractivity contribution is -0.147. The van der Waals surface area contributed by atoms with Crippen LogP contribution in [-0.4, -0.2) is 28.2 Å². The topological polar surface area (TPSA) is 129 Å². The van der Waals surface area contributed by atoms with Crippen molar-refractivity contribution in [3.8, 4) is 0 Å². The molecule has 146 valence electrons. The Balaban J connectivity index is 3.09. The van der Waals surface area contributed by atoms with Crippen LogP contribution >= 0.6 is 12.6 Å². The largest absolute Gasteiger partial charge is 0.456 e. The highest BCUT2D eigenvalue weighted by Gasteiger charge is 2.28. The third-order valence-electron chi connectivity index (χ3n) is 2.98. The average Bonchev–Trinajstić information content (AvgIpc) is 3.09. The molecule has 1 aromatic rings. The highest BCUT2D eigenvalue weighted by molar-refractivity contribution is 7.82. The van der Waals surface area contributed by atoms with E-state index in [9.17, 15) is 18.8 Å². The number of rotatable bonds is 8. The molecule has 0 aromatic carbocycles. The van der Waals surface area contributed by atoms with Gasteiger partial charge in [-0.15, -0.1) is 5.53 Å². The number of nitrogens with zero attached hydrogens (tertiary/aromatic N) is 5. The molecule has 0 saturated carbocycles. The molecule has 3 amide bonds. The fourth-order valence-corrected chi connectivity index (χ4v) is 1.65. The second-order valence-electron chi connectivity index (χ2n) is 5.59. The maximum absolute atomic E-state index is 13.7. The number of carbonyl (C=O) groups excluding carboxylic acids is 3. The van der Waals surface area contributed by atoms with Crippen LogP contribution < -0.4 is 4.90 Å². The van der Waals surface area contributed by atoms with Crippen molar-refractivity contribution in [3.05, 3.63) is 40.4 Å². The van der Waals surface area contributed by atoms with Crippen LogP contribution in [0.1, 0.15) is 33.0 Å². The van der Waals surface area contributed by atoms with E-state index in [0.29, 0.717) is 4.90 Å². The molecule has 0 radical (unpaired) electrons. The van der Waals surface area contributed by atoms with Gasteiger partial charge in [0.2, 0.25) is 5.88 Å². The van der Waals surface area contributed by atoms with Gasteiger partial charge < -0.3 is 9.15 Å². The zero-order chi connectivity index (χ0) is 20.6. The number of imide groups is 1. The van der Waals surface area contributed by atoms with Gasteiger partial charge in [0.25, 0.3) is 0 Å². The lowest BCUT2D eigenvalue weighted by atomic mass is 10.2. The Labute approximate surface area is 159 Å². The van der Waals surface area contributed by atoms with Crippen LogP contribution in [0.2, 0.25) is 0 Å². The number of amides is 3. The van der Waals surface area contributed by atoms with Crippen molar-refractivity contribution in [2.75, 3.05) is 4.90 Å². The van der Waals surface area contributed by atoms with E-state index >= 15 is 0 Å². The first-order chi connectivity index (χ1) is 12.6. The second-order valence-corrected chi connectivity index (χ2v) is 6.70. The van der Waals surface area contributed by atoms with Gasteiger partial charge in [-0.2, -0.15) is 17.5 Å². The minimum absolute atomic E-state index is 0.0331. The lowest BCUT2D eigenvalue weighted by Gasteiger charge is -2.16. The molecule has 27 heavy (non-hydrogen) atoms. The quantitative estimate of drug-likeness (QED) is 0.135. The SMILES string of the molecule is CC/C(F)=C/N(C(=O)N(C=O)N=[N+]=[N-])c1ccc(COC(=O)C(C)(C)S)o1. The number of urea groups is 1. The van der Waals surface area contributed by atoms with Crippen molar-refractivity contribution in [2.45, 2.75) is 38.5 Å². The first-order valence-electron chi connectivity index (χ1n) is 7.61. The van der Waals surface area contributed by atoms with Gasteiger partial charge in [-0.25, -0.2) is 18.9 Å². The molecule has 10 nitrogen and oxygen atoms in total. The molecule has 1 rings (SSSR count). The Hall–Kier alpha value is -2.98. The molecule has 0 saturated heterocycles. The Kier molecular flexibility index (Phi) is 7.88. The van der Waals surface area contributed by atoms with Crippen LogP contribution in [0.15, 0.2) is 33.8 Å². The molecule has 0 atom stereocenters. The van der Waals surface area contributed by atoms with E-state index in [0.717, 1.165) is 6.20 Å². The number of hydrogen-bond donors (Lipinski definition) is 1. The van der Waals surface area contributed by atoms with Crippen LogP contribution in [0.4, 0.5) is 15.1 Å². The molecule has 1 aromatic heterocycles. The van der Waals surface area contributed by atoms with Crippen LogP contribution in [0.3, 0.4) is 0 Å². The average molecular weight is 399 g/mol. The molecule has 12 heteroatoms. The summed E-state index contributed by atoms with van der Waals surface area (Å²) >= 11 is 4.08. The molecule has 0 spiro atoms.